The van der Waals surface area contributed by atoms with Crippen molar-refractivity contribution in [1.82, 2.24) is 19.5 Å². The molecule has 168 valence electrons. The first-order chi connectivity index (χ1) is 15.5. The molecule has 1 saturated carbocycles. The molecule has 0 bridgehead atoms. The van der Waals surface area contributed by atoms with Crippen molar-refractivity contribution in [2.24, 2.45) is 22.8 Å². The van der Waals surface area contributed by atoms with Gasteiger partial charge in [0.15, 0.2) is 17.5 Å². The molecule has 0 spiro atoms. The van der Waals surface area contributed by atoms with Crippen LogP contribution in [0.4, 0.5) is 0 Å². The van der Waals surface area contributed by atoms with Crippen LogP contribution in [0.5, 0.6) is 5.88 Å². The number of amidine groups is 2. The fraction of sp³-hybridized carbons (Fsp3) is 0.391. The van der Waals surface area contributed by atoms with Crippen LogP contribution in [0.25, 0.3) is 11.1 Å². The van der Waals surface area contributed by atoms with Gasteiger partial charge in [0.25, 0.3) is 0 Å². The number of imidazole rings is 1. The zero-order valence-corrected chi connectivity index (χ0v) is 18.9. The van der Waals surface area contributed by atoms with E-state index in [1.54, 1.807) is 26.6 Å². The Morgan fingerprint density at radius 1 is 1.25 bits per heavy atom. The Kier molecular flexibility index (Phi) is 6.36. The van der Waals surface area contributed by atoms with E-state index in [0.29, 0.717) is 23.4 Å². The highest BCUT2D eigenvalue weighted by Gasteiger charge is 2.25. The number of pyridine rings is 1. The largest absolute Gasteiger partial charge is 0.481 e. The first kappa shape index (κ1) is 21.8. The van der Waals surface area contributed by atoms with Gasteiger partial charge in [-0.1, -0.05) is 0 Å². The number of aromatic nitrogens is 4. The smallest absolute Gasteiger partial charge is 0.213 e. The second-order valence-electron chi connectivity index (χ2n) is 7.93. The number of ether oxygens (including phenoxy) is 2. The van der Waals surface area contributed by atoms with Gasteiger partial charge in [0.05, 0.1) is 24.9 Å². The third-order valence-corrected chi connectivity index (χ3v) is 5.89. The van der Waals surface area contributed by atoms with E-state index in [9.17, 15) is 0 Å². The number of H-pyrrole nitrogens is 1. The van der Waals surface area contributed by atoms with Gasteiger partial charge in [-0.25, -0.2) is 15.0 Å². The second kappa shape index (κ2) is 9.35. The molecule has 9 nitrogen and oxygen atoms in total. The van der Waals surface area contributed by atoms with Gasteiger partial charge in [0.1, 0.15) is 0 Å². The summed E-state index contributed by atoms with van der Waals surface area (Å²) in [5.41, 5.74) is 10.2. The van der Waals surface area contributed by atoms with Gasteiger partial charge in [0.2, 0.25) is 5.88 Å². The molecule has 1 fully saturated rings. The molecule has 3 heterocycles. The predicted molar refractivity (Wildman–Crippen MR) is 124 cm³/mol. The lowest BCUT2D eigenvalue weighted by Crippen LogP contribution is -2.21. The molecule has 4 rings (SSSR count). The summed E-state index contributed by atoms with van der Waals surface area (Å²) in [5.74, 6) is 2.05. The van der Waals surface area contributed by atoms with Crippen molar-refractivity contribution in [2.75, 3.05) is 14.2 Å². The SMILES string of the molecule is COc1cc(-c2c[nH]c(C(=N[C@@H]3CC[C@H](OC)C3)N=C(N)c3nccn3C)c2C)ccn1. The van der Waals surface area contributed by atoms with Crippen LogP contribution in [-0.4, -0.2) is 57.6 Å². The zero-order chi connectivity index (χ0) is 22.7. The molecular formula is C23H29N7O2. The molecule has 0 aromatic carbocycles. The minimum Gasteiger partial charge on any atom is -0.481 e. The van der Waals surface area contributed by atoms with Crippen LogP contribution >= 0.6 is 0 Å². The van der Waals surface area contributed by atoms with E-state index < -0.39 is 0 Å². The Bertz CT molecular complexity index is 1140. The number of methoxy groups -OCH3 is 2. The number of rotatable bonds is 6. The van der Waals surface area contributed by atoms with Crippen LogP contribution in [0.15, 0.2) is 46.9 Å². The van der Waals surface area contributed by atoms with Gasteiger partial charge in [-0.15, -0.1) is 0 Å². The van der Waals surface area contributed by atoms with Crippen LogP contribution in [0.1, 0.15) is 36.3 Å². The van der Waals surface area contributed by atoms with Gasteiger partial charge >= 0.3 is 0 Å². The van der Waals surface area contributed by atoms with E-state index >= 15 is 0 Å². The normalized spacial score (nSPS) is 19.5. The lowest BCUT2D eigenvalue weighted by Gasteiger charge is -2.10. The number of nitrogens with one attached hydrogen (secondary N) is 1. The Morgan fingerprint density at radius 3 is 2.78 bits per heavy atom. The first-order valence-corrected chi connectivity index (χ1v) is 10.6. The zero-order valence-electron chi connectivity index (χ0n) is 18.9. The predicted octanol–water partition coefficient (Wildman–Crippen LogP) is 2.85. The average Bonchev–Trinajstić information content (AvgIpc) is 3.53. The quantitative estimate of drug-likeness (QED) is 0.456. The lowest BCUT2D eigenvalue weighted by atomic mass is 10.0. The molecule has 2 atom stereocenters. The fourth-order valence-corrected chi connectivity index (χ4v) is 4.06. The summed E-state index contributed by atoms with van der Waals surface area (Å²) in [6.07, 6.45) is 10.3. The molecule has 9 heteroatoms. The molecule has 0 amide bonds. The maximum absolute atomic E-state index is 6.33. The molecule has 0 unspecified atom stereocenters. The van der Waals surface area contributed by atoms with E-state index in [4.69, 9.17) is 25.2 Å². The Labute approximate surface area is 187 Å². The number of hydrogen-bond donors (Lipinski definition) is 2. The van der Waals surface area contributed by atoms with Crippen molar-refractivity contribution < 1.29 is 9.47 Å². The highest BCUT2D eigenvalue weighted by molar-refractivity contribution is 6.10. The summed E-state index contributed by atoms with van der Waals surface area (Å²) in [5, 5.41) is 0. The van der Waals surface area contributed by atoms with Crippen molar-refractivity contribution in [1.29, 1.82) is 0 Å². The molecule has 3 aromatic heterocycles. The fourth-order valence-electron chi connectivity index (χ4n) is 4.06. The number of aliphatic imine (C=N–C) groups is 2. The summed E-state index contributed by atoms with van der Waals surface area (Å²) in [7, 11) is 5.24. The van der Waals surface area contributed by atoms with Crippen molar-refractivity contribution in [3.8, 4) is 17.0 Å². The monoisotopic (exact) mass is 435 g/mol. The van der Waals surface area contributed by atoms with Crippen molar-refractivity contribution in [3.63, 3.8) is 0 Å². The molecule has 1 aliphatic rings. The minimum absolute atomic E-state index is 0.125. The van der Waals surface area contributed by atoms with E-state index in [1.807, 2.05) is 43.1 Å². The third-order valence-electron chi connectivity index (χ3n) is 5.89. The summed E-state index contributed by atoms with van der Waals surface area (Å²) in [4.78, 5) is 21.6. The van der Waals surface area contributed by atoms with Crippen LogP contribution in [0.3, 0.4) is 0 Å². The van der Waals surface area contributed by atoms with Gasteiger partial charge in [0, 0.05) is 50.6 Å². The third kappa shape index (κ3) is 4.43. The van der Waals surface area contributed by atoms with E-state index in [1.165, 1.54) is 0 Å². The van der Waals surface area contributed by atoms with E-state index in [-0.39, 0.29) is 12.1 Å². The molecule has 32 heavy (non-hydrogen) atoms. The van der Waals surface area contributed by atoms with Crippen molar-refractivity contribution >= 4 is 11.7 Å². The second-order valence-corrected chi connectivity index (χ2v) is 7.93. The summed E-state index contributed by atoms with van der Waals surface area (Å²) in [6.45, 7) is 2.04. The molecule has 3 aromatic rings. The van der Waals surface area contributed by atoms with E-state index in [0.717, 1.165) is 41.6 Å². The van der Waals surface area contributed by atoms with Crippen LogP contribution in [0.2, 0.25) is 0 Å². The van der Waals surface area contributed by atoms with Gasteiger partial charge < -0.3 is 24.8 Å². The minimum atomic E-state index is 0.125. The topological polar surface area (TPSA) is 116 Å². The number of aryl methyl sites for hydroxylation is 1. The van der Waals surface area contributed by atoms with Crippen LogP contribution in [0, 0.1) is 6.92 Å². The molecule has 0 aliphatic heterocycles. The number of nitrogens with zero attached hydrogens (tertiary/aromatic N) is 5. The molecule has 0 saturated heterocycles. The Balaban J connectivity index is 1.75. The van der Waals surface area contributed by atoms with Crippen LogP contribution in [-0.2, 0) is 11.8 Å². The number of nitrogens with two attached hydrogens (primary N) is 1. The maximum atomic E-state index is 6.33. The van der Waals surface area contributed by atoms with Crippen LogP contribution < -0.4 is 10.5 Å². The highest BCUT2D eigenvalue weighted by Crippen LogP contribution is 2.29. The Morgan fingerprint density at radius 2 is 2.09 bits per heavy atom. The van der Waals surface area contributed by atoms with Crippen molar-refractivity contribution in [3.05, 3.63) is 54.0 Å². The first-order valence-electron chi connectivity index (χ1n) is 10.6. The maximum Gasteiger partial charge on any atom is 0.213 e. The summed E-state index contributed by atoms with van der Waals surface area (Å²) < 4.78 is 12.6. The number of hydrogen-bond acceptors (Lipinski definition) is 5. The molecular weight excluding hydrogens is 406 g/mol. The van der Waals surface area contributed by atoms with Gasteiger partial charge in [-0.2, -0.15) is 0 Å². The van der Waals surface area contributed by atoms with E-state index in [2.05, 4.69) is 15.0 Å². The number of aromatic amines is 1. The standard InChI is InChI=1S/C23H29N7O2/c1-14-18(15-7-8-25-19(11-15)32-4)13-27-20(14)22(28-16-5-6-17(12-16)31-3)29-21(24)23-26-9-10-30(23)2/h7-11,13,16-17,27H,5-6,12H2,1-4H3,(H2,24,28,29)/t16-,17+/m1/s1. The average molecular weight is 436 g/mol. The lowest BCUT2D eigenvalue weighted by molar-refractivity contribution is 0.108. The Hall–Kier alpha value is -3.46. The highest BCUT2D eigenvalue weighted by atomic mass is 16.5. The summed E-state index contributed by atoms with van der Waals surface area (Å²) >= 11 is 0. The molecule has 1 aliphatic carbocycles. The van der Waals surface area contributed by atoms with Crippen molar-refractivity contribution in [2.45, 2.75) is 38.3 Å². The summed E-state index contributed by atoms with van der Waals surface area (Å²) in [6, 6.07) is 3.98. The van der Waals surface area contributed by atoms with Gasteiger partial charge in [-0.3, -0.25) is 4.99 Å². The molecule has 3 N–H and O–H groups in total. The van der Waals surface area contributed by atoms with Gasteiger partial charge in [-0.05, 0) is 43.4 Å². The molecule has 0 radical (unpaired) electrons.